The number of aromatic nitrogens is 1. The number of methoxy groups -OCH3 is 2. The maximum absolute atomic E-state index is 16.1. The van der Waals surface area contributed by atoms with Crippen molar-refractivity contribution in [1.82, 2.24) is 4.98 Å². The second-order valence-corrected chi connectivity index (χ2v) is 9.48. The minimum absolute atomic E-state index is 0.167. The van der Waals surface area contributed by atoms with Crippen LogP contribution in [0.5, 0.6) is 11.5 Å². The molecule has 4 aromatic rings. The number of ether oxygens (including phenoxy) is 3. The van der Waals surface area contributed by atoms with E-state index >= 15 is 13.2 Å². The molecule has 1 aliphatic heterocycles. The van der Waals surface area contributed by atoms with Crippen LogP contribution in [-0.2, 0) is 9.53 Å². The topological polar surface area (TPSA) is 127 Å². The van der Waals surface area contributed by atoms with Gasteiger partial charge in [-0.05, 0) is 24.3 Å². The molecule has 0 aliphatic carbocycles. The van der Waals surface area contributed by atoms with Gasteiger partial charge >= 0.3 is 0 Å². The van der Waals surface area contributed by atoms with Crippen molar-refractivity contribution >= 4 is 51.2 Å². The highest BCUT2D eigenvalue weighted by Gasteiger charge is 2.32. The summed E-state index contributed by atoms with van der Waals surface area (Å²) in [7, 11) is 3.68. The van der Waals surface area contributed by atoms with Crippen LogP contribution in [0.2, 0.25) is 0 Å². The summed E-state index contributed by atoms with van der Waals surface area (Å²) in [6.45, 7) is 5.89. The number of morpholine rings is 1. The summed E-state index contributed by atoms with van der Waals surface area (Å²) in [4.78, 5) is 31.8. The summed E-state index contributed by atoms with van der Waals surface area (Å²) in [6.07, 6.45) is 2.25. The Morgan fingerprint density at radius 1 is 1.02 bits per heavy atom. The lowest BCUT2D eigenvalue weighted by Crippen LogP contribution is -2.36. The number of carbonyl (C=O) groups excluding carboxylic acids is 2. The highest BCUT2D eigenvalue weighted by atomic mass is 19.1. The van der Waals surface area contributed by atoms with Crippen molar-refractivity contribution < 1.29 is 41.4 Å². The van der Waals surface area contributed by atoms with Gasteiger partial charge in [0, 0.05) is 31.9 Å². The van der Waals surface area contributed by atoms with Crippen LogP contribution in [0.3, 0.4) is 0 Å². The minimum Gasteiger partial charge on any atom is -0.494 e. The molecule has 3 heterocycles. The molecule has 0 unspecified atom stereocenters. The number of nitrogens with zero attached hydrogens (tertiary/aromatic N) is 2. The molecule has 44 heavy (non-hydrogen) atoms. The van der Waals surface area contributed by atoms with Gasteiger partial charge in [-0.3, -0.25) is 9.59 Å². The van der Waals surface area contributed by atoms with Crippen LogP contribution in [0.15, 0.2) is 47.5 Å². The molecule has 1 aliphatic rings. The van der Waals surface area contributed by atoms with Crippen molar-refractivity contribution in [3.63, 3.8) is 0 Å². The highest BCUT2D eigenvalue weighted by molar-refractivity contribution is 6.15. The number of rotatable bonds is 10. The van der Waals surface area contributed by atoms with Crippen molar-refractivity contribution in [1.29, 1.82) is 0 Å². The van der Waals surface area contributed by atoms with Gasteiger partial charge in [0.2, 0.25) is 11.7 Å². The number of anilines is 5. The molecule has 0 spiro atoms. The summed E-state index contributed by atoms with van der Waals surface area (Å²) >= 11 is 0. The molecular weight excluding hydrogens is 583 g/mol. The molecule has 0 radical (unpaired) electrons. The Hall–Kier alpha value is -5.24. The third-order valence-corrected chi connectivity index (χ3v) is 7.01. The second-order valence-electron chi connectivity index (χ2n) is 9.48. The normalized spacial score (nSPS) is 13.0. The number of ketones is 1. The molecule has 1 fully saturated rings. The number of hydrogen-bond donors (Lipinski definition) is 3. The first-order chi connectivity index (χ1) is 21.2. The zero-order chi connectivity index (χ0) is 31.5. The van der Waals surface area contributed by atoms with Crippen LogP contribution >= 0.6 is 0 Å². The third kappa shape index (κ3) is 5.46. The molecule has 230 valence electrons. The number of amides is 1. The molecule has 0 bridgehead atoms. The highest BCUT2D eigenvalue weighted by Crippen LogP contribution is 2.40. The van der Waals surface area contributed by atoms with Crippen molar-refractivity contribution in [2.45, 2.75) is 0 Å². The number of pyridine rings is 1. The fraction of sp³-hybridized carbons (Fsp3) is 0.233. The molecule has 11 nitrogen and oxygen atoms in total. The zero-order valence-corrected chi connectivity index (χ0v) is 24.0. The van der Waals surface area contributed by atoms with Gasteiger partial charge in [-0.1, -0.05) is 6.58 Å². The summed E-state index contributed by atoms with van der Waals surface area (Å²) in [5, 5.41) is 8.07. The molecule has 2 aromatic carbocycles. The Morgan fingerprint density at radius 2 is 1.70 bits per heavy atom. The van der Waals surface area contributed by atoms with Crippen LogP contribution < -0.4 is 30.3 Å². The fourth-order valence-corrected chi connectivity index (χ4v) is 4.81. The zero-order valence-electron chi connectivity index (χ0n) is 24.0. The van der Waals surface area contributed by atoms with Crippen molar-refractivity contribution in [2.75, 3.05) is 68.4 Å². The van der Waals surface area contributed by atoms with E-state index in [9.17, 15) is 9.59 Å². The van der Waals surface area contributed by atoms with Crippen LogP contribution in [0, 0.1) is 17.5 Å². The summed E-state index contributed by atoms with van der Waals surface area (Å²) in [5.41, 5.74) is 0.102. The number of nitrogens with one attached hydrogen (secondary N) is 3. The maximum Gasteiger partial charge on any atom is 0.247 e. The standard InChI is InChI=1S/C30H28F3N5O6/c1-5-21(39)36-17-12-15(38-8-10-43-11-9-38)6-7-16(17)37-30-26(33)22-20(14-35-30)44-29(27(22)34-2)28(40)23-24(31)18(41-3)13-19(42-4)25(23)32/h5-7,12-14,34H,1,8-11H2,2-4H3,(H,35,37)(H,36,39). The second kappa shape index (κ2) is 12.6. The van der Waals surface area contributed by atoms with Gasteiger partial charge in [-0.15, -0.1) is 0 Å². The molecule has 5 rings (SSSR count). The lowest BCUT2D eigenvalue weighted by Gasteiger charge is -2.29. The van der Waals surface area contributed by atoms with E-state index in [1.807, 2.05) is 0 Å². The first kappa shape index (κ1) is 30.2. The molecule has 1 saturated heterocycles. The van der Waals surface area contributed by atoms with Crippen LogP contribution in [0.25, 0.3) is 11.0 Å². The molecule has 3 N–H and O–H groups in total. The van der Waals surface area contributed by atoms with E-state index in [2.05, 4.69) is 32.4 Å². The van der Waals surface area contributed by atoms with Crippen LogP contribution in [-0.4, -0.2) is 64.2 Å². The van der Waals surface area contributed by atoms with E-state index in [1.165, 1.54) is 7.05 Å². The largest absolute Gasteiger partial charge is 0.494 e. The lowest BCUT2D eigenvalue weighted by atomic mass is 10.0. The summed E-state index contributed by atoms with van der Waals surface area (Å²) in [6, 6.07) is 6.14. The SMILES string of the molecule is C=CC(=O)Nc1cc(N2CCOCC2)ccc1Nc1ncc2oc(C(=O)c3c(F)c(OC)cc(OC)c3F)c(NC)c2c1F. The number of benzene rings is 2. The quantitative estimate of drug-likeness (QED) is 0.162. The van der Waals surface area contributed by atoms with Crippen molar-refractivity contribution in [3.8, 4) is 11.5 Å². The van der Waals surface area contributed by atoms with Gasteiger partial charge in [0.15, 0.2) is 46.1 Å². The van der Waals surface area contributed by atoms with E-state index in [4.69, 9.17) is 18.6 Å². The van der Waals surface area contributed by atoms with Gasteiger partial charge < -0.3 is 39.5 Å². The Labute approximate surface area is 249 Å². The smallest absolute Gasteiger partial charge is 0.247 e. The third-order valence-electron chi connectivity index (χ3n) is 7.01. The predicted octanol–water partition coefficient (Wildman–Crippen LogP) is 5.24. The molecule has 0 saturated carbocycles. The van der Waals surface area contributed by atoms with E-state index in [-0.39, 0.29) is 22.5 Å². The molecule has 0 atom stereocenters. The fourth-order valence-electron chi connectivity index (χ4n) is 4.81. The first-order valence-electron chi connectivity index (χ1n) is 13.3. The molecule has 14 heteroatoms. The summed E-state index contributed by atoms with van der Waals surface area (Å²) < 4.78 is 67.1. The minimum atomic E-state index is -1.28. The summed E-state index contributed by atoms with van der Waals surface area (Å²) in [5.74, 6) is -6.93. The van der Waals surface area contributed by atoms with Gasteiger partial charge in [-0.2, -0.15) is 0 Å². The first-order valence-corrected chi connectivity index (χ1v) is 13.3. The van der Waals surface area contributed by atoms with Gasteiger partial charge in [-0.25, -0.2) is 18.2 Å². The maximum atomic E-state index is 16.1. The Kier molecular flexibility index (Phi) is 8.62. The van der Waals surface area contributed by atoms with Gasteiger partial charge in [0.25, 0.3) is 0 Å². The predicted molar refractivity (Wildman–Crippen MR) is 158 cm³/mol. The van der Waals surface area contributed by atoms with E-state index in [0.717, 1.165) is 38.2 Å². The Balaban J connectivity index is 1.56. The number of furan rings is 1. The number of carbonyl (C=O) groups is 2. The Morgan fingerprint density at radius 3 is 2.32 bits per heavy atom. The number of halogens is 3. The van der Waals surface area contributed by atoms with E-state index in [0.29, 0.717) is 37.7 Å². The monoisotopic (exact) mass is 611 g/mol. The number of fused-ring (bicyclic) bond motifs is 1. The Bertz CT molecular complexity index is 1740. The average molecular weight is 612 g/mol. The van der Waals surface area contributed by atoms with E-state index < -0.39 is 52.0 Å². The van der Waals surface area contributed by atoms with Crippen LogP contribution in [0.1, 0.15) is 16.1 Å². The number of hydrogen-bond acceptors (Lipinski definition) is 10. The van der Waals surface area contributed by atoms with Gasteiger partial charge in [0.1, 0.15) is 5.56 Å². The molecular formula is C30H28F3N5O6. The van der Waals surface area contributed by atoms with E-state index in [1.54, 1.807) is 18.2 Å². The van der Waals surface area contributed by atoms with Gasteiger partial charge in [0.05, 0.1) is 56.1 Å². The van der Waals surface area contributed by atoms with Crippen molar-refractivity contribution in [2.24, 2.45) is 0 Å². The van der Waals surface area contributed by atoms with Crippen LogP contribution in [0.4, 0.5) is 41.7 Å². The average Bonchev–Trinajstić information content (AvgIpc) is 3.43. The molecule has 1 amide bonds. The molecule has 2 aromatic heterocycles. The lowest BCUT2D eigenvalue weighted by molar-refractivity contribution is -0.111. The van der Waals surface area contributed by atoms with Crippen molar-refractivity contribution in [3.05, 3.63) is 71.9 Å².